The molecule has 0 spiro atoms. The van der Waals surface area contributed by atoms with Gasteiger partial charge in [0.2, 0.25) is 0 Å². The molecule has 0 radical (unpaired) electrons. The Balaban J connectivity index is 1.72. The van der Waals surface area contributed by atoms with E-state index in [1.165, 1.54) is 12.3 Å². The normalized spacial score (nSPS) is 10.3. The van der Waals surface area contributed by atoms with Gasteiger partial charge in [-0.1, -0.05) is 17.7 Å². The van der Waals surface area contributed by atoms with Crippen LogP contribution < -0.4 is 15.5 Å². The minimum Gasteiger partial charge on any atom is -0.378 e. The number of nitrogens with zero attached hydrogens (tertiary/aromatic N) is 2. The zero-order valence-electron chi connectivity index (χ0n) is 17.0. The predicted molar refractivity (Wildman–Crippen MR) is 117 cm³/mol. The van der Waals surface area contributed by atoms with E-state index in [2.05, 4.69) is 15.6 Å². The summed E-state index contributed by atoms with van der Waals surface area (Å²) < 4.78 is 0. The number of amides is 2. The van der Waals surface area contributed by atoms with Crippen LogP contribution in [0.2, 0.25) is 0 Å². The number of hydrogen-bond acceptors (Lipinski definition) is 4. The first-order chi connectivity index (χ1) is 13.8. The van der Waals surface area contributed by atoms with Crippen molar-refractivity contribution in [3.05, 3.63) is 83.2 Å². The molecule has 0 atom stereocenters. The smallest absolute Gasteiger partial charge is 0.274 e. The number of rotatable bonds is 5. The molecule has 0 aliphatic heterocycles. The van der Waals surface area contributed by atoms with Crippen LogP contribution in [0.1, 0.15) is 32.0 Å². The molecule has 0 aliphatic carbocycles. The molecular weight excluding hydrogens is 364 g/mol. The molecule has 3 aromatic rings. The molecule has 0 saturated carbocycles. The number of hydrogen-bond donors (Lipinski definition) is 2. The standard InChI is InChI=1S/C23H24N4O2/c1-15-5-10-20(16(2)13-15)26-22(28)17-11-12-24-21(14-17)23(29)25-18-6-8-19(9-7-18)27(3)4/h5-14H,1-4H3,(H,25,29)(H,26,28). The average molecular weight is 388 g/mol. The van der Waals surface area contributed by atoms with Crippen LogP contribution in [0.5, 0.6) is 0 Å². The first-order valence-electron chi connectivity index (χ1n) is 9.27. The number of nitrogens with one attached hydrogen (secondary N) is 2. The van der Waals surface area contributed by atoms with Crippen molar-refractivity contribution in [3.8, 4) is 0 Å². The van der Waals surface area contributed by atoms with Gasteiger partial charge in [0, 0.05) is 42.9 Å². The Morgan fingerprint density at radius 3 is 2.24 bits per heavy atom. The highest BCUT2D eigenvalue weighted by atomic mass is 16.2. The molecule has 2 N–H and O–H groups in total. The summed E-state index contributed by atoms with van der Waals surface area (Å²) in [5, 5.41) is 5.69. The second kappa shape index (κ2) is 8.56. The number of aromatic nitrogens is 1. The van der Waals surface area contributed by atoms with Gasteiger partial charge >= 0.3 is 0 Å². The van der Waals surface area contributed by atoms with Gasteiger partial charge < -0.3 is 15.5 Å². The third-order valence-corrected chi connectivity index (χ3v) is 4.53. The highest BCUT2D eigenvalue weighted by Crippen LogP contribution is 2.18. The summed E-state index contributed by atoms with van der Waals surface area (Å²) in [7, 11) is 3.90. The highest BCUT2D eigenvalue weighted by Gasteiger charge is 2.13. The van der Waals surface area contributed by atoms with E-state index in [0.717, 1.165) is 22.5 Å². The zero-order valence-corrected chi connectivity index (χ0v) is 17.0. The lowest BCUT2D eigenvalue weighted by Gasteiger charge is -2.13. The second-order valence-electron chi connectivity index (χ2n) is 7.10. The van der Waals surface area contributed by atoms with Crippen LogP contribution in [0.15, 0.2) is 60.8 Å². The number of carbonyl (C=O) groups is 2. The predicted octanol–water partition coefficient (Wildman–Crippen LogP) is 4.27. The van der Waals surface area contributed by atoms with E-state index in [9.17, 15) is 9.59 Å². The maximum Gasteiger partial charge on any atom is 0.274 e. The molecule has 0 unspecified atom stereocenters. The third kappa shape index (κ3) is 4.99. The molecule has 0 bridgehead atoms. The van der Waals surface area contributed by atoms with Crippen molar-refractivity contribution in [2.75, 3.05) is 29.6 Å². The Morgan fingerprint density at radius 1 is 0.862 bits per heavy atom. The molecular formula is C23H24N4O2. The number of carbonyl (C=O) groups excluding carboxylic acids is 2. The molecule has 2 amide bonds. The Labute approximate surface area is 170 Å². The highest BCUT2D eigenvalue weighted by molar-refractivity contribution is 6.08. The van der Waals surface area contributed by atoms with E-state index in [1.807, 2.05) is 75.3 Å². The van der Waals surface area contributed by atoms with Gasteiger partial charge in [-0.2, -0.15) is 0 Å². The molecule has 0 aliphatic rings. The summed E-state index contributed by atoms with van der Waals surface area (Å²) in [6.45, 7) is 3.94. The average Bonchev–Trinajstić information content (AvgIpc) is 2.70. The van der Waals surface area contributed by atoms with Crippen LogP contribution in [-0.2, 0) is 0 Å². The van der Waals surface area contributed by atoms with Crippen molar-refractivity contribution in [1.29, 1.82) is 0 Å². The minimum absolute atomic E-state index is 0.176. The molecule has 2 aromatic carbocycles. The lowest BCUT2D eigenvalue weighted by molar-refractivity contribution is 0.102. The number of anilines is 3. The fourth-order valence-corrected chi connectivity index (χ4v) is 2.88. The van der Waals surface area contributed by atoms with Crippen LogP contribution in [0, 0.1) is 13.8 Å². The van der Waals surface area contributed by atoms with Crippen LogP contribution >= 0.6 is 0 Å². The Bertz CT molecular complexity index is 1040. The van der Waals surface area contributed by atoms with Gasteiger partial charge in [-0.05, 0) is 61.9 Å². The molecule has 148 valence electrons. The van der Waals surface area contributed by atoms with Crippen LogP contribution in [-0.4, -0.2) is 30.9 Å². The first kappa shape index (κ1) is 20.1. The lowest BCUT2D eigenvalue weighted by atomic mass is 10.1. The summed E-state index contributed by atoms with van der Waals surface area (Å²) in [5.41, 5.74) is 5.08. The van der Waals surface area contributed by atoms with E-state index in [-0.39, 0.29) is 17.5 Å². The maximum absolute atomic E-state index is 12.6. The number of benzene rings is 2. The summed E-state index contributed by atoms with van der Waals surface area (Å²) >= 11 is 0. The SMILES string of the molecule is Cc1ccc(NC(=O)c2ccnc(C(=O)Nc3ccc(N(C)C)cc3)c2)c(C)c1. The molecule has 6 heteroatoms. The molecule has 0 saturated heterocycles. The Hall–Kier alpha value is -3.67. The summed E-state index contributed by atoms with van der Waals surface area (Å²) in [5.74, 6) is -0.660. The van der Waals surface area contributed by atoms with Crippen molar-refractivity contribution >= 4 is 28.9 Å². The molecule has 1 aromatic heterocycles. The third-order valence-electron chi connectivity index (χ3n) is 4.53. The van der Waals surface area contributed by atoms with Crippen molar-refractivity contribution in [3.63, 3.8) is 0 Å². The fourth-order valence-electron chi connectivity index (χ4n) is 2.88. The van der Waals surface area contributed by atoms with E-state index in [0.29, 0.717) is 11.3 Å². The van der Waals surface area contributed by atoms with Gasteiger partial charge in [0.1, 0.15) is 5.69 Å². The van der Waals surface area contributed by atoms with Crippen molar-refractivity contribution in [2.45, 2.75) is 13.8 Å². The molecule has 29 heavy (non-hydrogen) atoms. The first-order valence-corrected chi connectivity index (χ1v) is 9.27. The Morgan fingerprint density at radius 2 is 1.59 bits per heavy atom. The van der Waals surface area contributed by atoms with E-state index in [4.69, 9.17) is 0 Å². The molecule has 6 nitrogen and oxygen atoms in total. The Kier molecular flexibility index (Phi) is 5.93. The van der Waals surface area contributed by atoms with Gasteiger partial charge in [0.05, 0.1) is 0 Å². The summed E-state index contributed by atoms with van der Waals surface area (Å²) in [4.78, 5) is 31.2. The number of aryl methyl sites for hydroxylation is 2. The number of pyridine rings is 1. The van der Waals surface area contributed by atoms with Crippen molar-refractivity contribution < 1.29 is 9.59 Å². The van der Waals surface area contributed by atoms with Gasteiger partial charge in [-0.25, -0.2) is 0 Å². The zero-order chi connectivity index (χ0) is 21.0. The molecule has 0 fully saturated rings. The second-order valence-corrected chi connectivity index (χ2v) is 7.10. The van der Waals surface area contributed by atoms with E-state index in [1.54, 1.807) is 6.07 Å². The largest absolute Gasteiger partial charge is 0.378 e. The van der Waals surface area contributed by atoms with Gasteiger partial charge in [-0.3, -0.25) is 14.6 Å². The summed E-state index contributed by atoms with van der Waals surface area (Å²) in [6.07, 6.45) is 1.46. The van der Waals surface area contributed by atoms with Crippen molar-refractivity contribution in [2.24, 2.45) is 0 Å². The molecule has 3 rings (SSSR count). The van der Waals surface area contributed by atoms with Crippen LogP contribution in [0.25, 0.3) is 0 Å². The van der Waals surface area contributed by atoms with Gasteiger partial charge in [0.25, 0.3) is 11.8 Å². The quantitative estimate of drug-likeness (QED) is 0.685. The minimum atomic E-state index is -0.372. The topological polar surface area (TPSA) is 74.3 Å². The maximum atomic E-state index is 12.6. The lowest BCUT2D eigenvalue weighted by Crippen LogP contribution is -2.17. The fraction of sp³-hybridized carbons (Fsp3) is 0.174. The van der Waals surface area contributed by atoms with E-state index >= 15 is 0 Å². The summed E-state index contributed by atoms with van der Waals surface area (Å²) in [6, 6.07) is 16.4. The van der Waals surface area contributed by atoms with Crippen LogP contribution in [0.4, 0.5) is 17.1 Å². The van der Waals surface area contributed by atoms with Crippen LogP contribution in [0.3, 0.4) is 0 Å². The molecule has 1 heterocycles. The monoisotopic (exact) mass is 388 g/mol. The van der Waals surface area contributed by atoms with Crippen molar-refractivity contribution in [1.82, 2.24) is 4.98 Å². The van der Waals surface area contributed by atoms with Gasteiger partial charge in [-0.15, -0.1) is 0 Å². The van der Waals surface area contributed by atoms with Gasteiger partial charge in [0.15, 0.2) is 0 Å². The van der Waals surface area contributed by atoms with E-state index < -0.39 is 0 Å².